The van der Waals surface area contributed by atoms with Gasteiger partial charge >= 0.3 is 0 Å². The van der Waals surface area contributed by atoms with Gasteiger partial charge in [0.05, 0.1) is 11.4 Å². The van der Waals surface area contributed by atoms with E-state index in [1.165, 1.54) is 44.5 Å². The average molecular weight is 428 g/mol. The largest absolute Gasteiger partial charge is 0.352 e. The first-order valence-electron chi connectivity index (χ1n) is 11.5. The van der Waals surface area contributed by atoms with E-state index in [4.69, 9.17) is 0 Å². The zero-order valence-corrected chi connectivity index (χ0v) is 18.4. The second kappa shape index (κ2) is 9.01. The molecule has 4 aromatic rings. The first-order valence-corrected chi connectivity index (χ1v) is 11.5. The Balaban J connectivity index is 1.34. The molecule has 4 heterocycles. The third-order valence-electron chi connectivity index (χ3n) is 6.41. The Morgan fingerprint density at radius 3 is 2.66 bits per heavy atom. The average Bonchev–Trinajstić information content (AvgIpc) is 3.31. The fourth-order valence-electron chi connectivity index (χ4n) is 4.75. The molecule has 0 aliphatic carbocycles. The van der Waals surface area contributed by atoms with E-state index in [2.05, 4.69) is 51.4 Å². The van der Waals surface area contributed by atoms with Crippen LogP contribution in [0, 0.1) is 0 Å². The molecule has 0 atom stereocenters. The molecule has 6 heteroatoms. The SMILES string of the molecule is CCCN1CCC(c2ccc(Nc3ccc(-c4cc[nH]c(=O)c4)n4ccnc34)cc2)CC1. The predicted molar refractivity (Wildman–Crippen MR) is 130 cm³/mol. The van der Waals surface area contributed by atoms with Gasteiger partial charge in [0.1, 0.15) is 0 Å². The van der Waals surface area contributed by atoms with Gasteiger partial charge in [-0.1, -0.05) is 19.1 Å². The van der Waals surface area contributed by atoms with Crippen LogP contribution >= 0.6 is 0 Å². The standard InChI is InChI=1S/C26H29N5O/c1-2-14-30-15-10-20(11-16-30)19-3-5-22(6-4-19)29-23-7-8-24(31-17-13-28-26(23)31)21-9-12-27-25(32)18-21/h3-9,12-13,17-18,20,29H,2,10-11,14-16H2,1H3,(H,27,32). The number of rotatable bonds is 6. The molecule has 3 aromatic heterocycles. The molecule has 0 amide bonds. The Kier molecular flexibility index (Phi) is 5.77. The third kappa shape index (κ3) is 4.18. The number of hydrogen-bond donors (Lipinski definition) is 2. The molecule has 0 bridgehead atoms. The topological polar surface area (TPSA) is 65.4 Å². The van der Waals surface area contributed by atoms with Gasteiger partial charge in [0, 0.05) is 35.9 Å². The lowest BCUT2D eigenvalue weighted by Gasteiger charge is -2.32. The Labute approximate surface area is 187 Å². The Hall–Kier alpha value is -3.38. The van der Waals surface area contributed by atoms with E-state index in [-0.39, 0.29) is 5.56 Å². The summed E-state index contributed by atoms with van der Waals surface area (Å²) in [6, 6.07) is 16.4. The van der Waals surface area contributed by atoms with Gasteiger partial charge in [0.2, 0.25) is 5.56 Å². The van der Waals surface area contributed by atoms with E-state index in [1.807, 2.05) is 28.8 Å². The molecule has 5 rings (SSSR count). The number of H-pyrrole nitrogens is 1. The number of imidazole rings is 1. The summed E-state index contributed by atoms with van der Waals surface area (Å²) < 4.78 is 2.01. The minimum Gasteiger partial charge on any atom is -0.352 e. The summed E-state index contributed by atoms with van der Waals surface area (Å²) in [7, 11) is 0. The fraction of sp³-hybridized carbons (Fsp3) is 0.308. The van der Waals surface area contributed by atoms with Crippen LogP contribution in [-0.2, 0) is 0 Å². The first-order chi connectivity index (χ1) is 15.7. The molecule has 0 spiro atoms. The number of aromatic amines is 1. The van der Waals surface area contributed by atoms with Crippen molar-refractivity contribution in [1.29, 1.82) is 0 Å². The minimum atomic E-state index is -0.117. The monoisotopic (exact) mass is 427 g/mol. The summed E-state index contributed by atoms with van der Waals surface area (Å²) in [4.78, 5) is 21.5. The second-order valence-electron chi connectivity index (χ2n) is 8.56. The van der Waals surface area contributed by atoms with Gasteiger partial charge in [0.15, 0.2) is 5.65 Å². The van der Waals surface area contributed by atoms with Gasteiger partial charge in [-0.2, -0.15) is 0 Å². The van der Waals surface area contributed by atoms with E-state index in [0.717, 1.165) is 28.3 Å². The van der Waals surface area contributed by atoms with Crippen LogP contribution in [-0.4, -0.2) is 38.9 Å². The Morgan fingerprint density at radius 2 is 1.91 bits per heavy atom. The first kappa shape index (κ1) is 20.5. The van der Waals surface area contributed by atoms with Crippen molar-refractivity contribution in [1.82, 2.24) is 19.3 Å². The van der Waals surface area contributed by atoms with Gasteiger partial charge < -0.3 is 15.2 Å². The molecule has 32 heavy (non-hydrogen) atoms. The van der Waals surface area contributed by atoms with Gasteiger partial charge in [-0.15, -0.1) is 0 Å². The summed E-state index contributed by atoms with van der Waals surface area (Å²) >= 11 is 0. The maximum absolute atomic E-state index is 11.7. The molecule has 1 aromatic carbocycles. The number of nitrogens with zero attached hydrogens (tertiary/aromatic N) is 3. The summed E-state index contributed by atoms with van der Waals surface area (Å²) in [5.74, 6) is 0.657. The normalized spacial score (nSPS) is 15.3. The lowest BCUT2D eigenvalue weighted by atomic mass is 9.89. The third-order valence-corrected chi connectivity index (χ3v) is 6.41. The molecule has 1 aliphatic heterocycles. The summed E-state index contributed by atoms with van der Waals surface area (Å²) in [6.07, 6.45) is 9.09. The van der Waals surface area contributed by atoms with Crippen molar-refractivity contribution in [3.8, 4) is 11.3 Å². The molecule has 0 saturated carbocycles. The van der Waals surface area contributed by atoms with E-state index in [1.54, 1.807) is 18.5 Å². The molecule has 164 valence electrons. The number of piperidine rings is 1. The second-order valence-corrected chi connectivity index (χ2v) is 8.56. The number of likely N-dealkylation sites (tertiary alicyclic amines) is 1. The highest BCUT2D eigenvalue weighted by atomic mass is 16.1. The molecule has 0 unspecified atom stereocenters. The van der Waals surface area contributed by atoms with E-state index < -0.39 is 0 Å². The number of anilines is 2. The summed E-state index contributed by atoms with van der Waals surface area (Å²) in [5.41, 5.74) is 5.92. The molecule has 1 aliphatic rings. The molecular formula is C26H29N5O. The molecular weight excluding hydrogens is 398 g/mol. The number of nitrogens with one attached hydrogen (secondary N) is 2. The number of fused-ring (bicyclic) bond motifs is 1. The van der Waals surface area contributed by atoms with Crippen LogP contribution in [0.25, 0.3) is 16.9 Å². The quantitative estimate of drug-likeness (QED) is 0.453. The predicted octanol–water partition coefficient (Wildman–Crippen LogP) is 5.02. The molecule has 1 saturated heterocycles. The van der Waals surface area contributed by atoms with Crippen molar-refractivity contribution in [3.05, 3.63) is 83.0 Å². The summed E-state index contributed by atoms with van der Waals surface area (Å²) in [6.45, 7) is 5.88. The Bertz CT molecular complexity index is 1250. The fourth-order valence-corrected chi connectivity index (χ4v) is 4.75. The van der Waals surface area contributed by atoms with Crippen LogP contribution < -0.4 is 10.9 Å². The summed E-state index contributed by atoms with van der Waals surface area (Å²) in [5, 5.41) is 3.52. The Morgan fingerprint density at radius 1 is 1.09 bits per heavy atom. The maximum Gasteiger partial charge on any atom is 0.248 e. The van der Waals surface area contributed by atoms with Crippen molar-refractivity contribution in [2.75, 3.05) is 25.0 Å². The lowest BCUT2D eigenvalue weighted by Crippen LogP contribution is -2.33. The van der Waals surface area contributed by atoms with E-state index in [0.29, 0.717) is 5.92 Å². The smallest absolute Gasteiger partial charge is 0.248 e. The van der Waals surface area contributed by atoms with Crippen LogP contribution in [0.2, 0.25) is 0 Å². The molecule has 0 radical (unpaired) electrons. The van der Waals surface area contributed by atoms with Gasteiger partial charge in [-0.05, 0) is 80.7 Å². The highest BCUT2D eigenvalue weighted by molar-refractivity contribution is 5.78. The van der Waals surface area contributed by atoms with Crippen LogP contribution in [0.5, 0.6) is 0 Å². The van der Waals surface area contributed by atoms with Crippen LogP contribution in [0.4, 0.5) is 11.4 Å². The van der Waals surface area contributed by atoms with Gasteiger partial charge in [0.25, 0.3) is 0 Å². The highest BCUT2D eigenvalue weighted by Gasteiger charge is 2.20. The van der Waals surface area contributed by atoms with Gasteiger partial charge in [-0.25, -0.2) is 4.98 Å². The zero-order chi connectivity index (χ0) is 21.9. The van der Waals surface area contributed by atoms with E-state index >= 15 is 0 Å². The number of benzene rings is 1. The van der Waals surface area contributed by atoms with Gasteiger partial charge in [-0.3, -0.25) is 9.20 Å². The number of hydrogen-bond acceptors (Lipinski definition) is 4. The number of pyridine rings is 2. The lowest BCUT2D eigenvalue weighted by molar-refractivity contribution is 0.213. The van der Waals surface area contributed by atoms with E-state index in [9.17, 15) is 4.79 Å². The van der Waals surface area contributed by atoms with Crippen LogP contribution in [0.15, 0.2) is 71.9 Å². The molecule has 6 nitrogen and oxygen atoms in total. The molecule has 1 fully saturated rings. The number of aromatic nitrogens is 3. The van der Waals surface area contributed by atoms with Crippen LogP contribution in [0.1, 0.15) is 37.7 Å². The maximum atomic E-state index is 11.7. The van der Waals surface area contributed by atoms with Crippen molar-refractivity contribution in [3.63, 3.8) is 0 Å². The zero-order valence-electron chi connectivity index (χ0n) is 18.4. The highest BCUT2D eigenvalue weighted by Crippen LogP contribution is 2.31. The van der Waals surface area contributed by atoms with Crippen molar-refractivity contribution < 1.29 is 0 Å². The van der Waals surface area contributed by atoms with Crippen molar-refractivity contribution in [2.24, 2.45) is 0 Å². The molecule has 2 N–H and O–H groups in total. The van der Waals surface area contributed by atoms with Crippen molar-refractivity contribution in [2.45, 2.75) is 32.1 Å². The minimum absolute atomic E-state index is 0.117. The van der Waals surface area contributed by atoms with Crippen LogP contribution in [0.3, 0.4) is 0 Å². The van der Waals surface area contributed by atoms with Crippen molar-refractivity contribution >= 4 is 17.0 Å².